The van der Waals surface area contributed by atoms with E-state index in [4.69, 9.17) is 10.5 Å². The molecule has 1 aromatic rings. The van der Waals surface area contributed by atoms with Crippen molar-refractivity contribution >= 4 is 17.7 Å². The number of hydrogen-bond donors (Lipinski definition) is 1. The van der Waals surface area contributed by atoms with Crippen molar-refractivity contribution in [2.75, 3.05) is 12.3 Å². The number of thioether (sulfide) groups is 1. The zero-order chi connectivity index (χ0) is 13.4. The van der Waals surface area contributed by atoms with E-state index in [-0.39, 0.29) is 11.9 Å². The highest BCUT2D eigenvalue weighted by molar-refractivity contribution is 7.99. The lowest BCUT2D eigenvalue weighted by atomic mass is 10.2. The Balaban J connectivity index is 2.28. The third-order valence-corrected chi connectivity index (χ3v) is 4.04. The molecule has 18 heavy (non-hydrogen) atoms. The van der Waals surface area contributed by atoms with Crippen molar-refractivity contribution in [2.24, 2.45) is 11.7 Å². The van der Waals surface area contributed by atoms with E-state index >= 15 is 0 Å². The van der Waals surface area contributed by atoms with Crippen LogP contribution in [0.1, 0.15) is 19.4 Å². The van der Waals surface area contributed by atoms with Gasteiger partial charge in [-0.1, -0.05) is 44.2 Å². The molecule has 0 aliphatic rings. The van der Waals surface area contributed by atoms with Crippen LogP contribution in [0.5, 0.6) is 0 Å². The van der Waals surface area contributed by atoms with E-state index < -0.39 is 0 Å². The van der Waals surface area contributed by atoms with Crippen LogP contribution >= 0.6 is 11.8 Å². The van der Waals surface area contributed by atoms with Crippen LogP contribution in [-0.2, 0) is 16.1 Å². The first kappa shape index (κ1) is 15.1. The first-order chi connectivity index (χ1) is 8.63. The molecular weight excluding hydrogens is 246 g/mol. The van der Waals surface area contributed by atoms with Gasteiger partial charge in [0, 0.05) is 17.5 Å². The van der Waals surface area contributed by atoms with E-state index in [0.717, 1.165) is 11.3 Å². The third-order valence-electron chi connectivity index (χ3n) is 2.59. The monoisotopic (exact) mass is 267 g/mol. The summed E-state index contributed by atoms with van der Waals surface area (Å²) in [7, 11) is 0. The Bertz CT molecular complexity index is 356. The van der Waals surface area contributed by atoms with Crippen molar-refractivity contribution in [1.29, 1.82) is 0 Å². The predicted molar refractivity (Wildman–Crippen MR) is 76.4 cm³/mol. The fraction of sp³-hybridized carbons (Fsp3) is 0.500. The van der Waals surface area contributed by atoms with Gasteiger partial charge < -0.3 is 10.5 Å². The summed E-state index contributed by atoms with van der Waals surface area (Å²) in [5.41, 5.74) is 6.55. The topological polar surface area (TPSA) is 52.3 Å². The minimum Gasteiger partial charge on any atom is -0.461 e. The Hall–Kier alpha value is -1.00. The normalized spacial score (nSPS) is 13.9. The first-order valence-electron chi connectivity index (χ1n) is 6.15. The molecule has 2 N–H and O–H groups in total. The molecule has 0 radical (unpaired) electrons. The van der Waals surface area contributed by atoms with Gasteiger partial charge in [0.25, 0.3) is 0 Å². The van der Waals surface area contributed by atoms with Gasteiger partial charge in [-0.05, 0) is 5.56 Å². The summed E-state index contributed by atoms with van der Waals surface area (Å²) in [4.78, 5) is 11.8. The lowest BCUT2D eigenvalue weighted by Crippen LogP contribution is -2.20. The van der Waals surface area contributed by atoms with Gasteiger partial charge in [0.2, 0.25) is 0 Å². The lowest BCUT2D eigenvalue weighted by molar-refractivity contribution is -0.148. The second-order valence-electron chi connectivity index (χ2n) is 4.37. The molecule has 0 aliphatic heterocycles. The maximum Gasteiger partial charge on any atom is 0.309 e. The van der Waals surface area contributed by atoms with Gasteiger partial charge in [-0.3, -0.25) is 4.79 Å². The van der Waals surface area contributed by atoms with Crippen molar-refractivity contribution in [2.45, 2.75) is 25.7 Å². The molecule has 1 rings (SSSR count). The molecule has 100 valence electrons. The quantitative estimate of drug-likeness (QED) is 0.771. The Labute approximate surface area is 113 Å². The van der Waals surface area contributed by atoms with Crippen LogP contribution in [0.4, 0.5) is 0 Å². The first-order valence-corrected chi connectivity index (χ1v) is 7.20. The second-order valence-corrected chi connectivity index (χ2v) is 5.85. The Kier molecular flexibility index (Phi) is 6.83. The molecule has 0 fully saturated rings. The van der Waals surface area contributed by atoms with Crippen molar-refractivity contribution < 1.29 is 9.53 Å². The van der Waals surface area contributed by atoms with Crippen molar-refractivity contribution in [3.05, 3.63) is 35.9 Å². The summed E-state index contributed by atoms with van der Waals surface area (Å²) >= 11 is 1.71. The van der Waals surface area contributed by atoms with Crippen molar-refractivity contribution in [1.82, 2.24) is 0 Å². The minimum absolute atomic E-state index is 0.0901. The largest absolute Gasteiger partial charge is 0.461 e. The molecule has 0 aromatic heterocycles. The minimum atomic E-state index is -0.143. The Morgan fingerprint density at radius 3 is 2.61 bits per heavy atom. The average molecular weight is 267 g/mol. The summed E-state index contributed by atoms with van der Waals surface area (Å²) in [6.45, 7) is 4.94. The Morgan fingerprint density at radius 2 is 2.00 bits per heavy atom. The molecule has 2 unspecified atom stereocenters. The highest BCUT2D eigenvalue weighted by Gasteiger charge is 2.15. The highest BCUT2D eigenvalue weighted by atomic mass is 32.2. The maximum absolute atomic E-state index is 11.8. The van der Waals surface area contributed by atoms with Gasteiger partial charge in [0.1, 0.15) is 6.61 Å². The maximum atomic E-state index is 11.8. The molecule has 3 nitrogen and oxygen atoms in total. The van der Waals surface area contributed by atoms with Gasteiger partial charge in [-0.2, -0.15) is 11.8 Å². The van der Waals surface area contributed by atoms with Crippen LogP contribution in [-0.4, -0.2) is 23.5 Å². The molecule has 0 spiro atoms. The molecule has 0 saturated heterocycles. The van der Waals surface area contributed by atoms with E-state index in [2.05, 4.69) is 6.92 Å². The number of ether oxygens (including phenoxy) is 1. The molecule has 1 aromatic carbocycles. The summed E-state index contributed by atoms with van der Waals surface area (Å²) in [5, 5.41) is 0.384. The zero-order valence-corrected chi connectivity index (χ0v) is 11.8. The van der Waals surface area contributed by atoms with Crippen molar-refractivity contribution in [3.8, 4) is 0 Å². The number of carbonyl (C=O) groups excluding carboxylic acids is 1. The van der Waals surface area contributed by atoms with Gasteiger partial charge in [-0.25, -0.2) is 0 Å². The van der Waals surface area contributed by atoms with E-state index in [0.29, 0.717) is 18.4 Å². The fourth-order valence-corrected chi connectivity index (χ4v) is 2.21. The van der Waals surface area contributed by atoms with Gasteiger partial charge >= 0.3 is 5.97 Å². The summed E-state index contributed by atoms with van der Waals surface area (Å²) in [6.07, 6.45) is 0. The lowest BCUT2D eigenvalue weighted by Gasteiger charge is -2.13. The van der Waals surface area contributed by atoms with Crippen molar-refractivity contribution in [3.63, 3.8) is 0 Å². The third kappa shape index (κ3) is 5.56. The molecule has 0 amide bonds. The van der Waals surface area contributed by atoms with Crippen LogP contribution in [0.15, 0.2) is 30.3 Å². The standard InChI is InChI=1S/C14H21NO2S/c1-11(10-18-12(2)8-15)14(16)17-9-13-6-4-3-5-7-13/h3-7,11-12H,8-10,15H2,1-2H3. The fourth-order valence-electron chi connectivity index (χ4n) is 1.32. The molecular formula is C14H21NO2S. The number of rotatable bonds is 7. The number of benzene rings is 1. The van der Waals surface area contributed by atoms with Gasteiger partial charge in [0.15, 0.2) is 0 Å². The molecule has 0 bridgehead atoms. The van der Waals surface area contributed by atoms with Crippen LogP contribution in [0, 0.1) is 5.92 Å². The van der Waals surface area contributed by atoms with E-state index in [1.54, 1.807) is 11.8 Å². The van der Waals surface area contributed by atoms with Crippen LogP contribution < -0.4 is 5.73 Å². The molecule has 0 aliphatic carbocycles. The van der Waals surface area contributed by atoms with Crippen LogP contribution in [0.2, 0.25) is 0 Å². The van der Waals surface area contributed by atoms with Crippen LogP contribution in [0.3, 0.4) is 0 Å². The highest BCUT2D eigenvalue weighted by Crippen LogP contribution is 2.15. The predicted octanol–water partition coefficient (Wildman–Crippen LogP) is 2.45. The molecule has 4 heteroatoms. The van der Waals surface area contributed by atoms with E-state index in [1.165, 1.54) is 0 Å². The zero-order valence-electron chi connectivity index (χ0n) is 11.0. The number of hydrogen-bond acceptors (Lipinski definition) is 4. The summed E-state index contributed by atoms with van der Waals surface area (Å²) < 4.78 is 5.27. The van der Waals surface area contributed by atoms with Gasteiger partial charge in [-0.15, -0.1) is 0 Å². The number of carbonyl (C=O) groups is 1. The molecule has 0 heterocycles. The average Bonchev–Trinajstić information content (AvgIpc) is 2.42. The van der Waals surface area contributed by atoms with Gasteiger partial charge in [0.05, 0.1) is 5.92 Å². The number of esters is 1. The SMILES string of the molecule is CC(CN)SCC(C)C(=O)OCc1ccccc1. The smallest absolute Gasteiger partial charge is 0.309 e. The van der Waals surface area contributed by atoms with E-state index in [9.17, 15) is 4.79 Å². The molecule has 0 saturated carbocycles. The Morgan fingerprint density at radius 1 is 1.33 bits per heavy atom. The second kappa shape index (κ2) is 8.16. The summed E-state index contributed by atoms with van der Waals surface area (Å²) in [5.74, 6) is 0.523. The van der Waals surface area contributed by atoms with Crippen LogP contribution in [0.25, 0.3) is 0 Å². The van der Waals surface area contributed by atoms with E-state index in [1.807, 2.05) is 37.3 Å². The summed E-state index contributed by atoms with van der Waals surface area (Å²) in [6, 6.07) is 9.71. The number of nitrogens with two attached hydrogens (primary N) is 1. The molecule has 2 atom stereocenters.